The Hall–Kier alpha value is -4.78. The number of urea groups is 1. The van der Waals surface area contributed by atoms with Crippen LogP contribution in [0.1, 0.15) is 54.7 Å². The summed E-state index contributed by atoms with van der Waals surface area (Å²) in [6.45, 7) is 4.27. The number of likely N-dealkylation sites (tertiary alicyclic amines) is 1. The van der Waals surface area contributed by atoms with E-state index in [1.165, 1.54) is 36.4 Å². The lowest BCUT2D eigenvalue weighted by Gasteiger charge is -2.32. The number of amides is 3. The van der Waals surface area contributed by atoms with Gasteiger partial charge in [0, 0.05) is 17.5 Å². The fraction of sp³-hybridized carbons (Fsp3) is 0.333. The molecule has 1 heterocycles. The third-order valence-electron chi connectivity index (χ3n) is 7.15. The highest BCUT2D eigenvalue weighted by molar-refractivity contribution is 7.91. The number of benzene rings is 3. The zero-order valence-electron chi connectivity index (χ0n) is 25.9. The number of carbonyl (C=O) groups excluding carboxylic acids is 4. The number of rotatable bonds is 9. The van der Waals surface area contributed by atoms with E-state index in [1.807, 2.05) is 30.3 Å². The van der Waals surface area contributed by atoms with Gasteiger partial charge in [0.25, 0.3) is 0 Å². The van der Waals surface area contributed by atoms with E-state index in [4.69, 9.17) is 9.47 Å². The SMILES string of the molecule is CC(C)(C)OC(=O)C1CC(S(C)(=O)=O)C(c2ccccc2F)N1C(=O)CNC(=O)Nc1cccc(C(=O)OCc2ccccc2)c1. The van der Waals surface area contributed by atoms with Gasteiger partial charge in [0.1, 0.15) is 24.1 Å². The molecule has 0 radical (unpaired) electrons. The van der Waals surface area contributed by atoms with Crippen molar-refractivity contribution in [2.24, 2.45) is 0 Å². The quantitative estimate of drug-likeness (QED) is 0.323. The third-order valence-corrected chi connectivity index (χ3v) is 8.70. The van der Waals surface area contributed by atoms with Crippen LogP contribution in [0.2, 0.25) is 0 Å². The van der Waals surface area contributed by atoms with E-state index < -0.39 is 69.0 Å². The average Bonchev–Trinajstić information content (AvgIpc) is 3.40. The molecule has 46 heavy (non-hydrogen) atoms. The molecule has 0 aromatic heterocycles. The second-order valence-electron chi connectivity index (χ2n) is 11.9. The molecular weight excluding hydrogens is 617 g/mol. The van der Waals surface area contributed by atoms with E-state index in [1.54, 1.807) is 26.8 Å². The number of carbonyl (C=O) groups is 4. The van der Waals surface area contributed by atoms with Crippen molar-refractivity contribution in [1.29, 1.82) is 0 Å². The second-order valence-corrected chi connectivity index (χ2v) is 14.1. The van der Waals surface area contributed by atoms with Gasteiger partial charge in [-0.15, -0.1) is 0 Å². The fourth-order valence-corrected chi connectivity index (χ4v) is 6.45. The zero-order valence-corrected chi connectivity index (χ0v) is 26.7. The summed E-state index contributed by atoms with van der Waals surface area (Å²) in [4.78, 5) is 53.3. The van der Waals surface area contributed by atoms with E-state index in [-0.39, 0.29) is 29.8 Å². The minimum Gasteiger partial charge on any atom is -0.458 e. The van der Waals surface area contributed by atoms with E-state index >= 15 is 4.39 Å². The van der Waals surface area contributed by atoms with Crippen molar-refractivity contribution < 1.29 is 41.5 Å². The maximum Gasteiger partial charge on any atom is 0.338 e. The molecular formula is C33H36FN3O8S. The van der Waals surface area contributed by atoms with E-state index in [0.29, 0.717) is 0 Å². The Morgan fingerprint density at radius 2 is 1.63 bits per heavy atom. The highest BCUT2D eigenvalue weighted by Gasteiger charge is 2.53. The van der Waals surface area contributed by atoms with Crippen molar-refractivity contribution in [3.8, 4) is 0 Å². The first-order chi connectivity index (χ1) is 21.6. The van der Waals surface area contributed by atoms with Crippen LogP contribution in [0.3, 0.4) is 0 Å². The molecule has 0 aliphatic carbocycles. The molecule has 3 aromatic carbocycles. The summed E-state index contributed by atoms with van der Waals surface area (Å²) in [5.74, 6) is -3.04. The topological polar surface area (TPSA) is 148 Å². The van der Waals surface area contributed by atoms with Gasteiger partial charge in [-0.3, -0.25) is 4.79 Å². The van der Waals surface area contributed by atoms with Crippen LogP contribution in [0, 0.1) is 5.82 Å². The molecule has 0 spiro atoms. The molecule has 13 heteroatoms. The number of hydrogen-bond donors (Lipinski definition) is 2. The fourth-order valence-electron chi connectivity index (χ4n) is 5.17. The molecule has 3 aromatic rings. The average molecular weight is 654 g/mol. The van der Waals surface area contributed by atoms with Gasteiger partial charge in [-0.25, -0.2) is 27.2 Å². The molecule has 1 saturated heterocycles. The number of nitrogens with one attached hydrogen (secondary N) is 2. The van der Waals surface area contributed by atoms with Gasteiger partial charge in [-0.2, -0.15) is 0 Å². The van der Waals surface area contributed by atoms with Gasteiger partial charge < -0.3 is 25.0 Å². The molecule has 0 bridgehead atoms. The minimum atomic E-state index is -3.90. The molecule has 3 unspecified atom stereocenters. The highest BCUT2D eigenvalue weighted by Crippen LogP contribution is 2.42. The van der Waals surface area contributed by atoms with Crippen LogP contribution in [-0.2, 0) is 35.5 Å². The normalized spacial score (nSPS) is 18.0. The molecule has 3 amide bonds. The van der Waals surface area contributed by atoms with Crippen LogP contribution in [-0.4, -0.2) is 66.9 Å². The number of hydrogen-bond acceptors (Lipinski definition) is 8. The molecule has 4 rings (SSSR count). The van der Waals surface area contributed by atoms with E-state index in [0.717, 1.165) is 22.8 Å². The number of anilines is 1. The number of halogens is 1. The predicted molar refractivity (Wildman–Crippen MR) is 168 cm³/mol. The lowest BCUT2D eigenvalue weighted by atomic mass is 10.0. The summed E-state index contributed by atoms with van der Waals surface area (Å²) in [5.41, 5.74) is 0.178. The zero-order chi connectivity index (χ0) is 33.6. The lowest BCUT2D eigenvalue weighted by Crippen LogP contribution is -2.49. The Morgan fingerprint density at radius 3 is 2.28 bits per heavy atom. The van der Waals surface area contributed by atoms with E-state index in [2.05, 4.69) is 10.6 Å². The van der Waals surface area contributed by atoms with Gasteiger partial charge >= 0.3 is 18.0 Å². The minimum absolute atomic E-state index is 0.0643. The van der Waals surface area contributed by atoms with Gasteiger partial charge in [0.15, 0.2) is 9.84 Å². The number of esters is 2. The molecule has 11 nitrogen and oxygen atoms in total. The van der Waals surface area contributed by atoms with Crippen molar-refractivity contribution in [2.75, 3.05) is 18.1 Å². The van der Waals surface area contributed by atoms with Gasteiger partial charge in [-0.1, -0.05) is 54.6 Å². The van der Waals surface area contributed by atoms with Gasteiger partial charge in [0.2, 0.25) is 5.91 Å². The molecule has 1 fully saturated rings. The largest absolute Gasteiger partial charge is 0.458 e. The first-order valence-electron chi connectivity index (χ1n) is 14.5. The van der Waals surface area contributed by atoms with Crippen LogP contribution in [0.25, 0.3) is 0 Å². The summed E-state index contributed by atoms with van der Waals surface area (Å²) >= 11 is 0. The molecule has 2 N–H and O–H groups in total. The number of ether oxygens (including phenoxy) is 2. The van der Waals surface area contributed by atoms with Crippen molar-refractivity contribution in [1.82, 2.24) is 10.2 Å². The Labute approximate surface area is 267 Å². The summed E-state index contributed by atoms with van der Waals surface area (Å²) in [6, 6.07) is 17.0. The first-order valence-corrected chi connectivity index (χ1v) is 16.4. The summed E-state index contributed by atoms with van der Waals surface area (Å²) in [7, 11) is -3.90. The Balaban J connectivity index is 1.50. The van der Waals surface area contributed by atoms with Crippen LogP contribution >= 0.6 is 0 Å². The standard InChI is InChI=1S/C33H36FN3O8S/c1-33(2,3)45-31(40)26-18-27(46(4,42)43)29(24-15-8-9-16-25(24)34)37(26)28(38)19-35-32(41)36-23-14-10-13-22(17-23)30(39)44-20-21-11-6-5-7-12-21/h5-17,26-27,29H,18-20H2,1-4H3,(H2,35,36,41). The van der Waals surface area contributed by atoms with Crippen molar-refractivity contribution >= 4 is 39.4 Å². The Bertz CT molecular complexity index is 1710. The van der Waals surface area contributed by atoms with Crippen LogP contribution in [0.15, 0.2) is 78.9 Å². The molecule has 1 aliphatic heterocycles. The van der Waals surface area contributed by atoms with Crippen molar-refractivity contribution in [3.63, 3.8) is 0 Å². The van der Waals surface area contributed by atoms with Crippen molar-refractivity contribution in [2.45, 2.75) is 56.7 Å². The van der Waals surface area contributed by atoms with Gasteiger partial charge in [0.05, 0.1) is 23.4 Å². The Kier molecular flexibility index (Phi) is 10.5. The molecule has 3 atom stereocenters. The lowest BCUT2D eigenvalue weighted by molar-refractivity contribution is -0.164. The third kappa shape index (κ3) is 8.68. The van der Waals surface area contributed by atoms with E-state index in [9.17, 15) is 27.6 Å². The number of sulfone groups is 1. The summed E-state index contributed by atoms with van der Waals surface area (Å²) in [5, 5.41) is 3.61. The highest BCUT2D eigenvalue weighted by atomic mass is 32.2. The first kappa shape index (κ1) is 34.1. The monoisotopic (exact) mass is 653 g/mol. The maximum absolute atomic E-state index is 15.1. The predicted octanol–water partition coefficient (Wildman–Crippen LogP) is 4.40. The van der Waals surface area contributed by atoms with Gasteiger partial charge in [-0.05, 0) is 57.0 Å². The molecule has 1 aliphatic rings. The van der Waals surface area contributed by atoms with Crippen LogP contribution < -0.4 is 10.6 Å². The maximum atomic E-state index is 15.1. The van der Waals surface area contributed by atoms with Crippen molar-refractivity contribution in [3.05, 3.63) is 101 Å². The number of nitrogens with zero attached hydrogens (tertiary/aromatic N) is 1. The molecule has 244 valence electrons. The summed E-state index contributed by atoms with van der Waals surface area (Å²) < 4.78 is 51.7. The second kappa shape index (κ2) is 14.1. The molecule has 0 saturated carbocycles. The Morgan fingerprint density at radius 1 is 0.957 bits per heavy atom. The summed E-state index contributed by atoms with van der Waals surface area (Å²) in [6.07, 6.45) is 0.640. The smallest absolute Gasteiger partial charge is 0.338 e. The van der Waals surface area contributed by atoms with Crippen LogP contribution in [0.5, 0.6) is 0 Å². The van der Waals surface area contributed by atoms with Crippen LogP contribution in [0.4, 0.5) is 14.9 Å².